The lowest BCUT2D eigenvalue weighted by Crippen LogP contribution is -2.01. The predicted octanol–water partition coefficient (Wildman–Crippen LogP) is 1.88. The van der Waals surface area contributed by atoms with E-state index in [0.717, 1.165) is 12.2 Å². The summed E-state index contributed by atoms with van der Waals surface area (Å²) >= 11 is 0. The zero-order chi connectivity index (χ0) is 12.5. The standard InChI is InChI=1S/C14H16N4/c1-17-7-5-12(16-17)10-18-8-6-13-11(9-15)3-2-4-14(13)18/h2-8H,9-10,15H2,1H3. The molecule has 4 nitrogen and oxygen atoms in total. The van der Waals surface area contributed by atoms with Gasteiger partial charge in [0.15, 0.2) is 0 Å². The maximum Gasteiger partial charge on any atom is 0.0821 e. The average Bonchev–Trinajstić information content (AvgIpc) is 2.97. The first-order chi connectivity index (χ1) is 8.78. The minimum atomic E-state index is 0.574. The summed E-state index contributed by atoms with van der Waals surface area (Å²) in [6, 6.07) is 10.4. The summed E-state index contributed by atoms with van der Waals surface area (Å²) in [6.07, 6.45) is 4.06. The number of aryl methyl sites for hydroxylation is 1. The highest BCUT2D eigenvalue weighted by molar-refractivity contribution is 5.83. The van der Waals surface area contributed by atoms with Gasteiger partial charge in [0.25, 0.3) is 0 Å². The Hall–Kier alpha value is -2.07. The van der Waals surface area contributed by atoms with Gasteiger partial charge in [-0.15, -0.1) is 0 Å². The summed E-state index contributed by atoms with van der Waals surface area (Å²) in [4.78, 5) is 0. The maximum absolute atomic E-state index is 5.76. The van der Waals surface area contributed by atoms with Crippen molar-refractivity contribution in [3.63, 3.8) is 0 Å². The van der Waals surface area contributed by atoms with Gasteiger partial charge in [-0.05, 0) is 23.8 Å². The highest BCUT2D eigenvalue weighted by Gasteiger charge is 2.06. The second-order valence-corrected chi connectivity index (χ2v) is 4.48. The van der Waals surface area contributed by atoms with E-state index in [4.69, 9.17) is 5.73 Å². The van der Waals surface area contributed by atoms with Crippen molar-refractivity contribution in [1.82, 2.24) is 14.3 Å². The van der Waals surface area contributed by atoms with Crippen LogP contribution in [-0.4, -0.2) is 14.3 Å². The van der Waals surface area contributed by atoms with Gasteiger partial charge in [-0.1, -0.05) is 12.1 Å². The number of hydrogen-bond acceptors (Lipinski definition) is 2. The topological polar surface area (TPSA) is 48.8 Å². The molecular formula is C14H16N4. The summed E-state index contributed by atoms with van der Waals surface area (Å²) in [7, 11) is 1.93. The van der Waals surface area contributed by atoms with Crippen molar-refractivity contribution >= 4 is 10.9 Å². The van der Waals surface area contributed by atoms with Gasteiger partial charge in [0.1, 0.15) is 0 Å². The number of hydrogen-bond donors (Lipinski definition) is 1. The zero-order valence-corrected chi connectivity index (χ0v) is 10.4. The van der Waals surface area contributed by atoms with Crippen LogP contribution in [0, 0.1) is 0 Å². The van der Waals surface area contributed by atoms with E-state index >= 15 is 0 Å². The number of nitrogens with two attached hydrogens (primary N) is 1. The smallest absolute Gasteiger partial charge is 0.0821 e. The van der Waals surface area contributed by atoms with Crippen molar-refractivity contribution in [2.24, 2.45) is 12.8 Å². The van der Waals surface area contributed by atoms with Crippen LogP contribution in [0.25, 0.3) is 10.9 Å². The van der Waals surface area contributed by atoms with E-state index in [1.54, 1.807) is 0 Å². The Bertz CT molecular complexity index is 678. The zero-order valence-electron chi connectivity index (χ0n) is 10.4. The lowest BCUT2D eigenvalue weighted by Gasteiger charge is -2.04. The predicted molar refractivity (Wildman–Crippen MR) is 72.1 cm³/mol. The average molecular weight is 240 g/mol. The molecule has 4 heteroatoms. The molecule has 92 valence electrons. The molecule has 0 aliphatic rings. The fraction of sp³-hybridized carbons (Fsp3) is 0.214. The Morgan fingerprint density at radius 3 is 2.78 bits per heavy atom. The Morgan fingerprint density at radius 2 is 2.06 bits per heavy atom. The van der Waals surface area contributed by atoms with Crippen molar-refractivity contribution in [2.75, 3.05) is 0 Å². The van der Waals surface area contributed by atoms with E-state index in [9.17, 15) is 0 Å². The van der Waals surface area contributed by atoms with Gasteiger partial charge in [0, 0.05) is 36.9 Å². The minimum absolute atomic E-state index is 0.574. The van der Waals surface area contributed by atoms with Crippen LogP contribution < -0.4 is 5.73 Å². The summed E-state index contributed by atoms with van der Waals surface area (Å²) in [5.74, 6) is 0. The van der Waals surface area contributed by atoms with Gasteiger partial charge < -0.3 is 10.3 Å². The van der Waals surface area contributed by atoms with Crippen molar-refractivity contribution in [2.45, 2.75) is 13.1 Å². The second kappa shape index (κ2) is 4.31. The van der Waals surface area contributed by atoms with Crippen LogP contribution in [0.4, 0.5) is 0 Å². The van der Waals surface area contributed by atoms with E-state index in [2.05, 4.69) is 40.1 Å². The SMILES string of the molecule is Cn1ccc(Cn2ccc3c(CN)cccc32)n1. The normalized spacial score (nSPS) is 11.2. The van der Waals surface area contributed by atoms with Crippen LogP contribution in [-0.2, 0) is 20.1 Å². The highest BCUT2D eigenvalue weighted by atomic mass is 15.3. The quantitative estimate of drug-likeness (QED) is 0.760. The minimum Gasteiger partial charge on any atom is -0.341 e. The first kappa shape index (κ1) is 11.0. The van der Waals surface area contributed by atoms with E-state index in [1.807, 2.05) is 24.0 Å². The van der Waals surface area contributed by atoms with Crippen molar-refractivity contribution < 1.29 is 0 Å². The number of rotatable bonds is 3. The van der Waals surface area contributed by atoms with E-state index in [0.29, 0.717) is 6.54 Å². The van der Waals surface area contributed by atoms with Crippen LogP contribution in [0.2, 0.25) is 0 Å². The molecule has 3 aromatic rings. The molecule has 0 saturated carbocycles. The third kappa shape index (κ3) is 1.80. The van der Waals surface area contributed by atoms with E-state index < -0.39 is 0 Å². The van der Waals surface area contributed by atoms with Crippen molar-refractivity contribution in [3.05, 3.63) is 54.0 Å². The monoisotopic (exact) mass is 240 g/mol. The number of nitrogens with zero attached hydrogens (tertiary/aromatic N) is 3. The molecule has 0 radical (unpaired) electrons. The van der Waals surface area contributed by atoms with Crippen LogP contribution in [0.1, 0.15) is 11.3 Å². The Balaban J connectivity index is 2.02. The molecule has 18 heavy (non-hydrogen) atoms. The highest BCUT2D eigenvalue weighted by Crippen LogP contribution is 2.20. The molecule has 0 saturated heterocycles. The van der Waals surface area contributed by atoms with Gasteiger partial charge >= 0.3 is 0 Å². The van der Waals surface area contributed by atoms with Crippen molar-refractivity contribution in [3.8, 4) is 0 Å². The van der Waals surface area contributed by atoms with Crippen LogP contribution in [0.5, 0.6) is 0 Å². The third-order valence-electron chi connectivity index (χ3n) is 3.23. The van der Waals surface area contributed by atoms with Crippen LogP contribution in [0.15, 0.2) is 42.7 Å². The molecule has 3 rings (SSSR count). The molecule has 0 bridgehead atoms. The molecule has 2 heterocycles. The maximum atomic E-state index is 5.76. The van der Waals surface area contributed by atoms with Gasteiger partial charge in [0.05, 0.1) is 12.2 Å². The van der Waals surface area contributed by atoms with Crippen LogP contribution in [0.3, 0.4) is 0 Å². The van der Waals surface area contributed by atoms with Gasteiger partial charge in [0.2, 0.25) is 0 Å². The Kier molecular flexibility index (Phi) is 2.64. The van der Waals surface area contributed by atoms with Crippen molar-refractivity contribution in [1.29, 1.82) is 0 Å². The summed E-state index contributed by atoms with van der Waals surface area (Å²) in [5.41, 5.74) is 9.22. The lowest BCUT2D eigenvalue weighted by molar-refractivity contribution is 0.716. The summed E-state index contributed by atoms with van der Waals surface area (Å²) < 4.78 is 4.03. The van der Waals surface area contributed by atoms with Gasteiger partial charge in [-0.25, -0.2) is 0 Å². The Morgan fingerprint density at radius 1 is 1.17 bits per heavy atom. The number of aromatic nitrogens is 3. The fourth-order valence-electron chi connectivity index (χ4n) is 2.33. The molecule has 0 unspecified atom stereocenters. The molecule has 2 aromatic heterocycles. The molecule has 0 amide bonds. The molecular weight excluding hydrogens is 224 g/mol. The Labute approximate surface area is 106 Å². The summed E-state index contributed by atoms with van der Waals surface area (Å²) in [5, 5.41) is 5.64. The second-order valence-electron chi connectivity index (χ2n) is 4.48. The summed E-state index contributed by atoms with van der Waals surface area (Å²) in [6.45, 7) is 1.36. The molecule has 0 fully saturated rings. The fourth-order valence-corrected chi connectivity index (χ4v) is 2.33. The first-order valence-electron chi connectivity index (χ1n) is 6.03. The molecule has 0 spiro atoms. The van der Waals surface area contributed by atoms with Gasteiger partial charge in [-0.2, -0.15) is 5.10 Å². The van der Waals surface area contributed by atoms with Gasteiger partial charge in [-0.3, -0.25) is 4.68 Å². The molecule has 0 atom stereocenters. The number of fused-ring (bicyclic) bond motifs is 1. The first-order valence-corrected chi connectivity index (χ1v) is 6.03. The lowest BCUT2D eigenvalue weighted by atomic mass is 10.1. The number of benzene rings is 1. The molecule has 1 aromatic carbocycles. The molecule has 0 aliphatic heterocycles. The third-order valence-corrected chi connectivity index (χ3v) is 3.23. The van der Waals surface area contributed by atoms with Crippen LogP contribution >= 0.6 is 0 Å². The van der Waals surface area contributed by atoms with E-state index in [1.165, 1.54) is 16.5 Å². The van der Waals surface area contributed by atoms with E-state index in [-0.39, 0.29) is 0 Å². The largest absolute Gasteiger partial charge is 0.341 e. The molecule has 2 N–H and O–H groups in total. The molecule has 0 aliphatic carbocycles.